The topological polar surface area (TPSA) is 80.2 Å². The average molecular weight is 286 g/mol. The number of sulfone groups is 1. The van der Waals surface area contributed by atoms with Crippen LogP contribution in [0, 0.1) is 0 Å². The van der Waals surface area contributed by atoms with Crippen LogP contribution in [0.2, 0.25) is 0 Å². The van der Waals surface area contributed by atoms with Crippen LogP contribution in [0.15, 0.2) is 64.8 Å². The van der Waals surface area contributed by atoms with Crippen molar-refractivity contribution >= 4 is 20.7 Å². The molecule has 3 aromatic rings. The van der Waals surface area contributed by atoms with E-state index < -0.39 is 9.84 Å². The summed E-state index contributed by atoms with van der Waals surface area (Å²) in [7, 11) is -3.70. The number of hydrogen-bond acceptors (Lipinski definition) is 5. The van der Waals surface area contributed by atoms with Gasteiger partial charge in [0.1, 0.15) is 11.3 Å². The van der Waals surface area contributed by atoms with Gasteiger partial charge in [-0.2, -0.15) is 0 Å². The van der Waals surface area contributed by atoms with E-state index in [9.17, 15) is 13.5 Å². The lowest BCUT2D eigenvalue weighted by Crippen LogP contribution is -2.03. The number of pyridine rings is 2. The number of nitrogens with zero attached hydrogens (tertiary/aromatic N) is 2. The van der Waals surface area contributed by atoms with Crippen molar-refractivity contribution in [2.24, 2.45) is 0 Å². The summed E-state index contributed by atoms with van der Waals surface area (Å²) in [4.78, 5) is 8.06. The predicted molar refractivity (Wildman–Crippen MR) is 73.1 cm³/mol. The molecule has 0 saturated heterocycles. The molecule has 0 fully saturated rings. The van der Waals surface area contributed by atoms with Crippen molar-refractivity contribution in [2.75, 3.05) is 0 Å². The highest BCUT2D eigenvalue weighted by molar-refractivity contribution is 7.91. The van der Waals surface area contributed by atoms with Gasteiger partial charge in [0, 0.05) is 24.0 Å². The van der Waals surface area contributed by atoms with Crippen LogP contribution in [0.5, 0.6) is 5.75 Å². The minimum Gasteiger partial charge on any atom is -0.506 e. The van der Waals surface area contributed by atoms with Crippen molar-refractivity contribution in [1.29, 1.82) is 0 Å². The zero-order valence-corrected chi connectivity index (χ0v) is 11.1. The Morgan fingerprint density at radius 1 is 1.00 bits per heavy atom. The molecule has 0 aliphatic carbocycles. The number of aromatic nitrogens is 2. The Morgan fingerprint density at radius 2 is 1.80 bits per heavy atom. The zero-order chi connectivity index (χ0) is 14.2. The number of aromatic hydroxyl groups is 1. The monoisotopic (exact) mass is 286 g/mol. The Morgan fingerprint density at radius 3 is 2.55 bits per heavy atom. The minimum atomic E-state index is -3.70. The molecule has 100 valence electrons. The second kappa shape index (κ2) is 4.57. The Labute approximate surface area is 115 Å². The first-order valence-electron chi connectivity index (χ1n) is 5.82. The van der Waals surface area contributed by atoms with Gasteiger partial charge in [-0.3, -0.25) is 9.97 Å². The van der Waals surface area contributed by atoms with E-state index in [4.69, 9.17) is 0 Å². The van der Waals surface area contributed by atoms with E-state index in [-0.39, 0.29) is 21.1 Å². The average Bonchev–Trinajstić information content (AvgIpc) is 2.48. The standard InChI is InChI=1S/C14H10N2O3S/c17-12-5-6-13(11-4-2-8-16-14(11)12)20(18,19)10-3-1-7-15-9-10/h1-9,17H. The molecule has 6 heteroatoms. The Balaban J connectivity index is 2.34. The molecule has 0 atom stereocenters. The summed E-state index contributed by atoms with van der Waals surface area (Å²) in [6.07, 6.45) is 4.31. The molecule has 0 bridgehead atoms. The van der Waals surface area contributed by atoms with Crippen LogP contribution < -0.4 is 0 Å². The summed E-state index contributed by atoms with van der Waals surface area (Å²) < 4.78 is 25.2. The van der Waals surface area contributed by atoms with Gasteiger partial charge in [-0.15, -0.1) is 0 Å². The highest BCUT2D eigenvalue weighted by atomic mass is 32.2. The van der Waals surface area contributed by atoms with Crippen molar-refractivity contribution in [3.8, 4) is 5.75 Å². The molecule has 3 rings (SSSR count). The molecule has 5 nitrogen and oxygen atoms in total. The first kappa shape index (κ1) is 12.6. The summed E-state index contributed by atoms with van der Waals surface area (Å²) in [5, 5.41) is 10.1. The number of phenolic OH excluding ortho intramolecular Hbond substituents is 1. The normalized spacial score (nSPS) is 11.6. The molecular formula is C14H10N2O3S. The van der Waals surface area contributed by atoms with Crippen LogP contribution in [0.3, 0.4) is 0 Å². The van der Waals surface area contributed by atoms with Crippen LogP contribution in [-0.2, 0) is 9.84 Å². The van der Waals surface area contributed by atoms with E-state index in [1.165, 1.54) is 36.8 Å². The van der Waals surface area contributed by atoms with Gasteiger partial charge >= 0.3 is 0 Å². The number of rotatable bonds is 2. The lowest BCUT2D eigenvalue weighted by Gasteiger charge is -2.08. The van der Waals surface area contributed by atoms with Crippen LogP contribution in [-0.4, -0.2) is 23.5 Å². The quantitative estimate of drug-likeness (QED) is 0.781. The lowest BCUT2D eigenvalue weighted by molar-refractivity contribution is 0.480. The fourth-order valence-corrected chi connectivity index (χ4v) is 3.41. The van der Waals surface area contributed by atoms with Gasteiger partial charge in [0.25, 0.3) is 0 Å². The summed E-state index contributed by atoms with van der Waals surface area (Å²) in [6, 6.07) is 9.00. The Bertz CT molecular complexity index is 877. The molecule has 0 saturated carbocycles. The van der Waals surface area contributed by atoms with Crippen molar-refractivity contribution in [3.63, 3.8) is 0 Å². The molecule has 2 aromatic heterocycles. The van der Waals surface area contributed by atoms with Gasteiger partial charge in [0.15, 0.2) is 0 Å². The second-order valence-electron chi connectivity index (χ2n) is 4.17. The lowest BCUT2D eigenvalue weighted by atomic mass is 10.2. The summed E-state index contributed by atoms with van der Waals surface area (Å²) in [6.45, 7) is 0. The molecular weight excluding hydrogens is 276 g/mol. The zero-order valence-electron chi connectivity index (χ0n) is 10.3. The van der Waals surface area contributed by atoms with Crippen molar-refractivity contribution < 1.29 is 13.5 Å². The highest BCUT2D eigenvalue weighted by Gasteiger charge is 2.21. The SMILES string of the molecule is O=S(=O)(c1cccnc1)c1ccc(O)c2ncccc12. The van der Waals surface area contributed by atoms with Gasteiger partial charge in [-0.05, 0) is 36.4 Å². The predicted octanol–water partition coefficient (Wildman–Crippen LogP) is 2.17. The fourth-order valence-electron chi connectivity index (χ4n) is 2.00. The van der Waals surface area contributed by atoms with Crippen LogP contribution in [0.25, 0.3) is 10.9 Å². The maximum Gasteiger partial charge on any atom is 0.208 e. The molecule has 0 amide bonds. The molecule has 0 aliphatic rings. The van der Waals surface area contributed by atoms with Crippen molar-refractivity contribution in [2.45, 2.75) is 9.79 Å². The van der Waals surface area contributed by atoms with Crippen LogP contribution >= 0.6 is 0 Å². The molecule has 20 heavy (non-hydrogen) atoms. The molecule has 0 aliphatic heterocycles. The number of phenols is 1. The van der Waals surface area contributed by atoms with E-state index in [0.717, 1.165) is 0 Å². The summed E-state index contributed by atoms with van der Waals surface area (Å²) >= 11 is 0. The largest absolute Gasteiger partial charge is 0.506 e. The van der Waals surface area contributed by atoms with Gasteiger partial charge in [0.2, 0.25) is 9.84 Å². The molecule has 0 spiro atoms. The molecule has 1 aromatic carbocycles. The van der Waals surface area contributed by atoms with E-state index in [1.54, 1.807) is 18.2 Å². The second-order valence-corrected chi connectivity index (χ2v) is 6.09. The molecule has 0 radical (unpaired) electrons. The van der Waals surface area contributed by atoms with Gasteiger partial charge < -0.3 is 5.11 Å². The van der Waals surface area contributed by atoms with Crippen LogP contribution in [0.1, 0.15) is 0 Å². The minimum absolute atomic E-state index is 0.0502. The summed E-state index contributed by atoms with van der Waals surface area (Å²) in [5.74, 6) is -0.0502. The summed E-state index contributed by atoms with van der Waals surface area (Å²) in [5.41, 5.74) is 0.262. The fraction of sp³-hybridized carbons (Fsp3) is 0. The smallest absolute Gasteiger partial charge is 0.208 e. The van der Waals surface area contributed by atoms with E-state index in [1.807, 2.05) is 0 Å². The molecule has 0 unspecified atom stereocenters. The number of hydrogen-bond donors (Lipinski definition) is 1. The highest BCUT2D eigenvalue weighted by Crippen LogP contribution is 2.31. The van der Waals surface area contributed by atoms with Gasteiger partial charge in [-0.25, -0.2) is 8.42 Å². The first-order chi connectivity index (χ1) is 9.60. The van der Waals surface area contributed by atoms with Crippen molar-refractivity contribution in [3.05, 3.63) is 55.0 Å². The number of fused-ring (bicyclic) bond motifs is 1. The van der Waals surface area contributed by atoms with E-state index in [0.29, 0.717) is 5.39 Å². The van der Waals surface area contributed by atoms with Crippen molar-refractivity contribution in [1.82, 2.24) is 9.97 Å². The third-order valence-electron chi connectivity index (χ3n) is 2.94. The molecule has 2 heterocycles. The van der Waals surface area contributed by atoms with Gasteiger partial charge in [-0.1, -0.05) is 0 Å². The van der Waals surface area contributed by atoms with E-state index in [2.05, 4.69) is 9.97 Å². The maximum absolute atomic E-state index is 12.6. The molecule has 1 N–H and O–H groups in total. The number of benzene rings is 1. The van der Waals surface area contributed by atoms with Crippen LogP contribution in [0.4, 0.5) is 0 Å². The van der Waals surface area contributed by atoms with Gasteiger partial charge in [0.05, 0.1) is 9.79 Å². The third kappa shape index (κ3) is 1.90. The Hall–Kier alpha value is -2.47. The Kier molecular flexibility index (Phi) is 2.87. The first-order valence-corrected chi connectivity index (χ1v) is 7.31. The third-order valence-corrected chi connectivity index (χ3v) is 4.74. The maximum atomic E-state index is 12.6. The van der Waals surface area contributed by atoms with E-state index >= 15 is 0 Å².